The predicted molar refractivity (Wildman–Crippen MR) is 98.4 cm³/mol. The Balaban J connectivity index is 1.78. The molecule has 2 aromatic carbocycles. The van der Waals surface area contributed by atoms with Gasteiger partial charge in [-0.3, -0.25) is 9.69 Å². The van der Waals surface area contributed by atoms with E-state index in [1.165, 1.54) is 0 Å². The third-order valence-electron chi connectivity index (χ3n) is 5.53. The first-order valence-corrected chi connectivity index (χ1v) is 8.88. The number of Topliss-reactive ketones (excluding diaryl/α,β-unsaturated/α-hetero) is 1. The highest BCUT2D eigenvalue weighted by Crippen LogP contribution is 2.47. The molecule has 0 unspecified atom stereocenters. The Morgan fingerprint density at radius 2 is 1.54 bits per heavy atom. The van der Waals surface area contributed by atoms with Crippen molar-refractivity contribution in [2.75, 3.05) is 0 Å². The molecule has 2 fully saturated rings. The van der Waals surface area contributed by atoms with Crippen LogP contribution in [0.4, 0.5) is 4.79 Å². The number of nitrogens with zero attached hydrogens (tertiary/aromatic N) is 1. The molecule has 2 aromatic rings. The van der Waals surface area contributed by atoms with Crippen LogP contribution in [-0.2, 0) is 9.53 Å². The fraction of sp³-hybridized carbons (Fsp3) is 0.273. The Bertz CT molecular complexity index is 846. The number of cyclic esters (lactones) is 1. The minimum absolute atomic E-state index is 0.0327. The van der Waals surface area contributed by atoms with Crippen molar-refractivity contribution >= 4 is 11.9 Å². The van der Waals surface area contributed by atoms with Gasteiger partial charge in [0.1, 0.15) is 6.04 Å². The molecular weight excluding hydrogens is 326 g/mol. The van der Waals surface area contributed by atoms with Crippen LogP contribution in [-0.4, -0.2) is 22.8 Å². The summed E-state index contributed by atoms with van der Waals surface area (Å²) in [5, 5.41) is 0. The predicted octanol–water partition coefficient (Wildman–Crippen LogP) is 4.45. The number of hydrogen-bond donors (Lipinski definition) is 0. The summed E-state index contributed by atoms with van der Waals surface area (Å²) in [6.45, 7) is 5.87. The number of ether oxygens (including phenoxy) is 1. The summed E-state index contributed by atoms with van der Waals surface area (Å²) in [5.74, 6) is -0.0407. The van der Waals surface area contributed by atoms with E-state index < -0.39 is 6.10 Å². The van der Waals surface area contributed by atoms with Gasteiger partial charge in [-0.15, -0.1) is 0 Å². The van der Waals surface area contributed by atoms with Gasteiger partial charge in [0.2, 0.25) is 0 Å². The largest absolute Gasteiger partial charge is 0.439 e. The maximum atomic E-state index is 12.9. The van der Waals surface area contributed by atoms with Gasteiger partial charge in [-0.1, -0.05) is 74.2 Å². The Kier molecular flexibility index (Phi) is 4.11. The van der Waals surface area contributed by atoms with Crippen molar-refractivity contribution in [1.29, 1.82) is 0 Å². The molecule has 4 nitrogen and oxygen atoms in total. The van der Waals surface area contributed by atoms with Crippen molar-refractivity contribution in [3.05, 3.63) is 83.9 Å². The minimum Gasteiger partial charge on any atom is -0.439 e. The fourth-order valence-corrected chi connectivity index (χ4v) is 4.04. The van der Waals surface area contributed by atoms with Crippen LogP contribution < -0.4 is 0 Å². The molecule has 1 saturated heterocycles. The van der Waals surface area contributed by atoms with Gasteiger partial charge < -0.3 is 4.74 Å². The zero-order valence-corrected chi connectivity index (χ0v) is 14.7. The average molecular weight is 347 g/mol. The normalized spacial score (nSPS) is 28.5. The van der Waals surface area contributed by atoms with E-state index in [0.717, 1.165) is 11.1 Å². The van der Waals surface area contributed by atoms with E-state index >= 15 is 0 Å². The summed E-state index contributed by atoms with van der Waals surface area (Å²) >= 11 is 0. The first kappa shape index (κ1) is 16.6. The van der Waals surface area contributed by atoms with Crippen LogP contribution in [0.3, 0.4) is 0 Å². The summed E-state index contributed by atoms with van der Waals surface area (Å²) in [4.78, 5) is 26.8. The van der Waals surface area contributed by atoms with Crippen LogP contribution in [0.1, 0.15) is 36.6 Å². The molecule has 0 N–H and O–H groups in total. The monoisotopic (exact) mass is 347 g/mol. The molecule has 4 rings (SSSR count). The van der Waals surface area contributed by atoms with Gasteiger partial charge in [0.05, 0.1) is 0 Å². The summed E-state index contributed by atoms with van der Waals surface area (Å²) in [7, 11) is 0. The average Bonchev–Trinajstić information content (AvgIpc) is 3.14. The van der Waals surface area contributed by atoms with Gasteiger partial charge >= 0.3 is 6.09 Å². The molecule has 26 heavy (non-hydrogen) atoms. The second kappa shape index (κ2) is 6.45. The Hall–Kier alpha value is -2.88. The highest BCUT2D eigenvalue weighted by atomic mass is 16.6. The zero-order chi connectivity index (χ0) is 18.3. The number of benzene rings is 2. The molecule has 4 heteroatoms. The second-order valence-corrected chi connectivity index (χ2v) is 6.99. The maximum Gasteiger partial charge on any atom is 0.411 e. The third kappa shape index (κ3) is 2.62. The van der Waals surface area contributed by atoms with E-state index in [9.17, 15) is 9.59 Å². The Morgan fingerprint density at radius 1 is 0.962 bits per heavy atom. The Labute approximate surface area is 153 Å². The molecule has 0 aromatic heterocycles. The molecule has 132 valence electrons. The van der Waals surface area contributed by atoms with E-state index in [2.05, 4.69) is 6.58 Å². The number of hydrogen-bond acceptors (Lipinski definition) is 3. The van der Waals surface area contributed by atoms with Crippen molar-refractivity contribution < 1.29 is 14.3 Å². The molecule has 1 saturated carbocycles. The summed E-state index contributed by atoms with van der Waals surface area (Å²) in [5.41, 5.74) is 2.55. The van der Waals surface area contributed by atoms with E-state index in [-0.39, 0.29) is 29.9 Å². The Morgan fingerprint density at radius 3 is 2.08 bits per heavy atom. The molecule has 4 atom stereocenters. The van der Waals surface area contributed by atoms with Gasteiger partial charge in [-0.25, -0.2) is 4.79 Å². The first-order valence-electron chi connectivity index (χ1n) is 8.88. The van der Waals surface area contributed by atoms with Crippen LogP contribution >= 0.6 is 0 Å². The van der Waals surface area contributed by atoms with Crippen LogP contribution in [0, 0.1) is 5.92 Å². The van der Waals surface area contributed by atoms with E-state index in [1.807, 2.05) is 67.6 Å². The first-order chi connectivity index (χ1) is 12.6. The lowest BCUT2D eigenvalue weighted by molar-refractivity contribution is -0.114. The number of carbonyl (C=O) groups excluding carboxylic acids is 2. The molecule has 1 aliphatic heterocycles. The number of amides is 1. The summed E-state index contributed by atoms with van der Waals surface area (Å²) < 4.78 is 5.80. The quantitative estimate of drug-likeness (QED) is 0.771. The highest BCUT2D eigenvalue weighted by Gasteiger charge is 2.50. The lowest BCUT2D eigenvalue weighted by atomic mass is 9.92. The van der Waals surface area contributed by atoms with Gasteiger partial charge in [-0.05, 0) is 16.7 Å². The second-order valence-electron chi connectivity index (χ2n) is 6.99. The van der Waals surface area contributed by atoms with Gasteiger partial charge in [0.25, 0.3) is 0 Å². The van der Waals surface area contributed by atoms with Gasteiger partial charge in [0, 0.05) is 18.4 Å². The van der Waals surface area contributed by atoms with Crippen molar-refractivity contribution in [2.45, 2.75) is 31.5 Å². The van der Waals surface area contributed by atoms with Crippen LogP contribution in [0.2, 0.25) is 0 Å². The summed E-state index contributed by atoms with van der Waals surface area (Å²) in [6.07, 6.45) is -0.464. The van der Waals surface area contributed by atoms with E-state index in [0.29, 0.717) is 12.0 Å². The third-order valence-corrected chi connectivity index (χ3v) is 5.53. The van der Waals surface area contributed by atoms with E-state index in [1.54, 1.807) is 4.90 Å². The lowest BCUT2D eigenvalue weighted by Crippen LogP contribution is -2.40. The number of rotatable bonds is 3. The van der Waals surface area contributed by atoms with Crippen molar-refractivity contribution in [3.63, 3.8) is 0 Å². The van der Waals surface area contributed by atoms with Crippen LogP contribution in [0.15, 0.2) is 72.8 Å². The van der Waals surface area contributed by atoms with Crippen LogP contribution in [0.5, 0.6) is 0 Å². The highest BCUT2D eigenvalue weighted by molar-refractivity contribution is 5.98. The molecule has 0 spiro atoms. The molecular formula is C22H21NO3. The van der Waals surface area contributed by atoms with Gasteiger partial charge in [-0.2, -0.15) is 0 Å². The van der Waals surface area contributed by atoms with Crippen molar-refractivity contribution in [1.82, 2.24) is 4.90 Å². The van der Waals surface area contributed by atoms with Crippen molar-refractivity contribution in [2.24, 2.45) is 5.92 Å². The molecule has 0 bridgehead atoms. The molecule has 2 aliphatic rings. The smallest absolute Gasteiger partial charge is 0.411 e. The molecule has 1 amide bonds. The molecule has 1 aliphatic carbocycles. The van der Waals surface area contributed by atoms with Crippen molar-refractivity contribution in [3.8, 4) is 0 Å². The lowest BCUT2D eigenvalue weighted by Gasteiger charge is -2.32. The number of carbonyl (C=O) groups is 2. The topological polar surface area (TPSA) is 46.6 Å². The fourth-order valence-electron chi connectivity index (χ4n) is 4.04. The molecule has 0 radical (unpaired) electrons. The number of ketones is 1. The molecule has 1 heterocycles. The standard InChI is InChI=1S/C22H21NO3/c1-14-15(2)19(24)13-18(14)23-20(16-9-5-3-6-10-16)21(26-22(23)25)17-11-7-4-8-12-17/h3-12,14,18,20-21H,2,13H2,1H3/t14-,18-,20+,21-/m0/s1. The van der Waals surface area contributed by atoms with Crippen LogP contribution in [0.25, 0.3) is 0 Å². The minimum atomic E-state index is -0.401. The van der Waals surface area contributed by atoms with Gasteiger partial charge in [0.15, 0.2) is 11.9 Å². The maximum absolute atomic E-state index is 12.9. The van der Waals surface area contributed by atoms with E-state index in [4.69, 9.17) is 4.74 Å². The summed E-state index contributed by atoms with van der Waals surface area (Å²) in [6, 6.07) is 19.2. The SMILES string of the molecule is C=C1C(=O)C[C@H](N2C(=O)O[C@@H](c3ccccc3)[C@H]2c2ccccc2)[C@H]1C. The zero-order valence-electron chi connectivity index (χ0n) is 14.7.